The van der Waals surface area contributed by atoms with Gasteiger partial charge in [-0.25, -0.2) is 0 Å². The van der Waals surface area contributed by atoms with Crippen molar-refractivity contribution in [1.29, 1.82) is 0 Å². The molecule has 0 bridgehead atoms. The molecule has 1 N–H and O–H groups in total. The van der Waals surface area contributed by atoms with Crippen LogP contribution in [0.2, 0.25) is 0 Å². The molecule has 0 radical (unpaired) electrons. The second kappa shape index (κ2) is 50.8. The molecule has 2 fully saturated rings. The minimum atomic E-state index is -5.63. The van der Waals surface area contributed by atoms with Gasteiger partial charge in [-0.3, -0.25) is 0 Å². The van der Waals surface area contributed by atoms with Gasteiger partial charge in [0.15, 0.2) is 0 Å². The van der Waals surface area contributed by atoms with Crippen LogP contribution in [0.1, 0.15) is 404 Å². The first kappa shape index (κ1) is 136. The maximum Gasteiger partial charge on any atom is 0.534 e. The van der Waals surface area contributed by atoms with Gasteiger partial charge in [-0.05, 0) is 325 Å². The highest BCUT2D eigenvalue weighted by Gasteiger charge is 2.54. The molecule has 17 heteroatoms. The van der Waals surface area contributed by atoms with Gasteiger partial charge in [-0.2, -0.15) is 35.1 Å². The monoisotopic (exact) mass is 2210 g/mol. The highest BCUT2D eigenvalue weighted by molar-refractivity contribution is 9.11. The first-order valence-electron chi connectivity index (χ1n) is 52.2. The summed E-state index contributed by atoms with van der Waals surface area (Å²) in [5.74, 6) is -0.0158. The largest absolute Gasteiger partial charge is 0.534 e. The van der Waals surface area contributed by atoms with Crippen LogP contribution in [0.15, 0.2) is 246 Å². The average molecular weight is 2210 g/mol. The lowest BCUT2D eigenvalue weighted by Gasteiger charge is -2.33. The first-order valence-corrected chi connectivity index (χ1v) is 55.2. The standard InChI is InChI=1S/C40H57BO2.C34H46.C20H33BO2.C15H21F3O3S.C14H22O.C6H4Br2.3CH4.H2S/c1-35(2,3)26-37(7,8)32-19-15-28(16-20-32)30-23-31(25-34(24-30)41-42-39(11,12)40(13,14)43-41)29-17-21-33(22-18-29)38(9,10)27-36(4,5)6;1-31(2,3)23-33(7,8)29-18-14-25(15-19-29)27-12-11-13-28(22-27)26-16-20-30(21-17-26)34(9,10)24-32(4,5)6;1-17(2,3)14-18(4,5)15-10-12-16(13-11-15)21-22-19(6,7)20(8,9)23-21;1-13(2,3)10-14(4,5)11-6-8-12(9-7-11)21-22(19,20)15(16,17)18;1-13(2,3)10-14(4,5)11-6-8-12(15)9-7-11;7-5-2-1-3-6(8)4-5;;;;/h15-25H,26-27H2,1-14H3;11-22H,23-24H2,1-10H3;10-13H,14H2,1-9H3;6-9H,10H2,1-5H3;6-9,15H,10H2,1-5H3;1-4H;3*1H4;1H2. The molecular weight excluding hydrogens is 2020 g/mol. The Bertz CT molecular complexity index is 5720. The van der Waals surface area contributed by atoms with Crippen LogP contribution in [-0.4, -0.2) is 55.7 Å². The summed E-state index contributed by atoms with van der Waals surface area (Å²) in [5.41, 5.74) is 16.9. The fourth-order valence-electron chi connectivity index (χ4n) is 22.0. The quantitative estimate of drug-likeness (QED) is 0.0407. The van der Waals surface area contributed by atoms with Crippen molar-refractivity contribution < 1.29 is 49.5 Å². The normalized spacial score (nSPS) is 15.1. The van der Waals surface area contributed by atoms with Gasteiger partial charge in [0.05, 0.1) is 22.4 Å². The molecule has 2 saturated heterocycles. The molecule has 0 unspecified atom stereocenters. The van der Waals surface area contributed by atoms with Crippen molar-refractivity contribution in [2.45, 2.75) is 431 Å². The molecule has 0 aliphatic carbocycles. The number of benzene rings is 10. The Labute approximate surface area is 932 Å². The van der Waals surface area contributed by atoms with E-state index in [2.05, 4.69) is 484 Å². The summed E-state index contributed by atoms with van der Waals surface area (Å²) in [5, 5.41) is 9.25. The fraction of sp³-hybridized carbons (Fsp3) is 0.545. The zero-order valence-corrected chi connectivity index (χ0v) is 103. The summed E-state index contributed by atoms with van der Waals surface area (Å²) < 4.78 is 90.3. The molecule has 2 heterocycles. The van der Waals surface area contributed by atoms with Crippen LogP contribution in [0, 0.1) is 37.9 Å². The number of hydrogen-bond acceptors (Lipinski definition) is 8. The van der Waals surface area contributed by atoms with Crippen LogP contribution in [0.25, 0.3) is 44.5 Å². The van der Waals surface area contributed by atoms with E-state index in [0.717, 1.165) is 70.4 Å². The van der Waals surface area contributed by atoms with E-state index in [0.29, 0.717) is 27.4 Å². The van der Waals surface area contributed by atoms with E-state index in [-0.39, 0.29) is 114 Å². The maximum atomic E-state index is 12.3. The van der Waals surface area contributed by atoms with Crippen molar-refractivity contribution in [1.82, 2.24) is 0 Å². The van der Waals surface area contributed by atoms with Crippen molar-refractivity contribution >= 4 is 80.6 Å². The zero-order valence-electron chi connectivity index (χ0n) is 97.7. The average Bonchev–Trinajstić information content (AvgIpc) is 1.61. The molecular formula is C132H197B2Br2F3O8S2. The minimum Gasteiger partial charge on any atom is -0.508 e. The third-order valence-corrected chi connectivity index (χ3v) is 29.9. The molecule has 0 atom stereocenters. The Morgan fingerprint density at radius 1 is 0.268 bits per heavy atom. The van der Waals surface area contributed by atoms with Crippen LogP contribution < -0.4 is 15.1 Å². The molecule has 0 amide bonds. The second-order valence-corrected chi connectivity index (χ2v) is 59.7. The number of alkyl halides is 3. The van der Waals surface area contributed by atoms with Crippen molar-refractivity contribution in [2.75, 3.05) is 0 Å². The lowest BCUT2D eigenvalue weighted by molar-refractivity contribution is -0.0500. The van der Waals surface area contributed by atoms with Crippen LogP contribution in [-0.2, 0) is 66.6 Å². The van der Waals surface area contributed by atoms with Crippen LogP contribution in [0.5, 0.6) is 11.5 Å². The Kier molecular flexibility index (Phi) is 46.3. The molecule has 2 aliphatic rings. The van der Waals surface area contributed by atoms with Crippen molar-refractivity contribution in [3.05, 3.63) is 284 Å². The zero-order chi connectivity index (χ0) is 110. The highest BCUT2D eigenvalue weighted by Crippen LogP contribution is 2.48. The minimum absolute atomic E-state index is 0. The molecule has 0 saturated carbocycles. The van der Waals surface area contributed by atoms with E-state index in [4.69, 9.17) is 18.6 Å². The molecule has 10 aromatic carbocycles. The summed E-state index contributed by atoms with van der Waals surface area (Å²) in [6, 6.07) is 82.5. The summed E-state index contributed by atoms with van der Waals surface area (Å²) in [6.07, 6.45) is 7.73. The number of halogens is 5. The fourth-order valence-corrected chi connectivity index (χ4v) is 23.6. The number of hydrogen-bond donors (Lipinski definition) is 1. The van der Waals surface area contributed by atoms with Gasteiger partial charge < -0.3 is 27.9 Å². The smallest absolute Gasteiger partial charge is 0.508 e. The SMILES string of the molecule is Brc1cccc(Br)c1.C.C.C.CC(C)(C)CC(C)(C)c1ccc(-c2cc(B3OC(C)(C)C(C)(C)O3)cc(-c3ccc(C(C)(C)CC(C)(C)C)cc3)c2)cc1.CC(C)(C)CC(C)(C)c1ccc(-c2cccc(-c3ccc(C(C)(C)CC(C)(C)C)cc3)c2)cc1.CC(C)(C)CC(C)(C)c1ccc(B2OC(C)(C)C(C)(C)O2)cc1.CC(C)(C)CC(C)(C)c1ccc(O)cc1.CC(C)(C)CC(C)(C)c1ccc(OS(=O)(=O)C(F)(F)F)cc1.S. The predicted octanol–water partition coefficient (Wildman–Crippen LogP) is 39.9. The van der Waals surface area contributed by atoms with Gasteiger partial charge in [0.25, 0.3) is 0 Å². The Morgan fingerprint density at radius 3 is 0.678 bits per heavy atom. The summed E-state index contributed by atoms with van der Waals surface area (Å²) in [6.45, 7) is 96.8. The summed E-state index contributed by atoms with van der Waals surface area (Å²) in [7, 11) is -6.32. The van der Waals surface area contributed by atoms with E-state index in [1.54, 1.807) is 24.3 Å². The van der Waals surface area contributed by atoms with Crippen molar-refractivity contribution in [3.8, 4) is 56.0 Å². The molecule has 0 spiro atoms. The third-order valence-electron chi connectivity index (χ3n) is 27.9. The molecule has 2 aliphatic heterocycles. The highest BCUT2D eigenvalue weighted by atomic mass is 79.9. The molecule has 8 nitrogen and oxygen atoms in total. The predicted molar refractivity (Wildman–Crippen MR) is 655 cm³/mol. The van der Waals surface area contributed by atoms with E-state index >= 15 is 0 Å². The van der Waals surface area contributed by atoms with Gasteiger partial charge in [0.1, 0.15) is 11.5 Å². The molecule has 826 valence electrons. The number of phenolic OH excluding ortho intramolecular Hbond substituents is 1. The summed E-state index contributed by atoms with van der Waals surface area (Å²) >= 11 is 6.66. The van der Waals surface area contributed by atoms with Crippen molar-refractivity contribution in [3.63, 3.8) is 0 Å². The number of rotatable bonds is 22. The molecule has 10 aromatic rings. The topological polar surface area (TPSA) is 101 Å². The van der Waals surface area contributed by atoms with Gasteiger partial charge in [0.2, 0.25) is 0 Å². The lowest BCUT2D eigenvalue weighted by atomic mass is 9.71. The lowest BCUT2D eigenvalue weighted by Crippen LogP contribution is -2.41. The Balaban J connectivity index is 0.000000483. The second-order valence-electron chi connectivity index (χ2n) is 56.4. The number of phenols is 1. The van der Waals surface area contributed by atoms with E-state index in [1.807, 2.05) is 50.2 Å². The van der Waals surface area contributed by atoms with E-state index in [9.17, 15) is 26.7 Å². The van der Waals surface area contributed by atoms with Crippen LogP contribution in [0.4, 0.5) is 13.2 Å². The maximum absolute atomic E-state index is 12.3. The van der Waals surface area contributed by atoms with Crippen LogP contribution in [0.3, 0.4) is 0 Å². The number of aromatic hydroxyl groups is 1. The Hall–Kier alpha value is -7.18. The van der Waals surface area contributed by atoms with E-state index in [1.165, 1.54) is 90.0 Å². The van der Waals surface area contributed by atoms with Crippen molar-refractivity contribution in [2.24, 2.45) is 37.9 Å². The molecule has 0 aromatic heterocycles. The first-order chi connectivity index (χ1) is 65.4. The Morgan fingerprint density at radius 2 is 0.463 bits per heavy atom. The van der Waals surface area contributed by atoms with Gasteiger partial charge in [-0.15, -0.1) is 0 Å². The van der Waals surface area contributed by atoms with Gasteiger partial charge in [0, 0.05) is 8.95 Å². The van der Waals surface area contributed by atoms with Gasteiger partial charge >= 0.3 is 29.9 Å². The van der Waals surface area contributed by atoms with Crippen LogP contribution >= 0.6 is 45.4 Å². The molecule has 12 rings (SSSR count). The third kappa shape index (κ3) is 41.8. The van der Waals surface area contributed by atoms with Gasteiger partial charge in [-0.1, -0.05) is 478 Å². The van der Waals surface area contributed by atoms with E-state index < -0.39 is 33.9 Å². The molecule has 149 heavy (non-hydrogen) atoms. The summed E-state index contributed by atoms with van der Waals surface area (Å²) in [4.78, 5) is 0.